The lowest BCUT2D eigenvalue weighted by Crippen LogP contribution is -2.42. The average Bonchev–Trinajstić information content (AvgIpc) is 2.84. The predicted molar refractivity (Wildman–Crippen MR) is 70.2 cm³/mol. The number of pyridine rings is 1. The van der Waals surface area contributed by atoms with E-state index in [1.54, 1.807) is 6.20 Å². The molecule has 5 heteroatoms. The Bertz CT molecular complexity index is 581. The van der Waals surface area contributed by atoms with Gasteiger partial charge in [-0.15, -0.1) is 0 Å². The third kappa shape index (κ3) is 2.02. The maximum Gasteiger partial charge on any atom is 0.248 e. The molecular weight excluding hydrogens is 248 g/mol. The number of nitrogens with zero attached hydrogens (tertiary/aromatic N) is 1. The standard InChI is InChI=1S/C14H17F2N3/c15-14(16)5-3-13(9-17,4-6-14)11-8-19-12-10(11)2-1-7-18-12/h1-2,7-8H,3-6,9,17H2,(H,18,19). The minimum Gasteiger partial charge on any atom is -0.346 e. The molecule has 0 amide bonds. The fourth-order valence-corrected chi connectivity index (χ4v) is 3.07. The normalized spacial score (nSPS) is 21.6. The summed E-state index contributed by atoms with van der Waals surface area (Å²) in [6.07, 6.45) is 4.28. The van der Waals surface area contributed by atoms with Crippen LogP contribution >= 0.6 is 0 Å². The van der Waals surface area contributed by atoms with Gasteiger partial charge in [-0.3, -0.25) is 0 Å². The highest BCUT2D eigenvalue weighted by Gasteiger charge is 2.44. The molecular formula is C14H17F2N3. The first kappa shape index (κ1) is 12.5. The number of aromatic nitrogens is 2. The molecule has 102 valence electrons. The zero-order valence-electron chi connectivity index (χ0n) is 10.6. The van der Waals surface area contributed by atoms with E-state index in [1.165, 1.54) is 0 Å². The molecule has 1 saturated carbocycles. The Morgan fingerprint density at radius 2 is 2.00 bits per heavy atom. The van der Waals surface area contributed by atoms with Gasteiger partial charge in [-0.2, -0.15) is 0 Å². The summed E-state index contributed by atoms with van der Waals surface area (Å²) >= 11 is 0. The molecule has 0 aliphatic heterocycles. The first-order valence-corrected chi connectivity index (χ1v) is 6.57. The molecule has 0 aromatic carbocycles. The van der Waals surface area contributed by atoms with Crippen molar-refractivity contribution >= 4 is 11.0 Å². The van der Waals surface area contributed by atoms with Crippen LogP contribution in [0.25, 0.3) is 11.0 Å². The van der Waals surface area contributed by atoms with Gasteiger partial charge in [0.2, 0.25) is 5.92 Å². The number of hydrogen-bond donors (Lipinski definition) is 2. The lowest BCUT2D eigenvalue weighted by Gasteiger charge is -2.39. The Kier molecular flexibility index (Phi) is 2.82. The van der Waals surface area contributed by atoms with Crippen molar-refractivity contribution in [1.29, 1.82) is 0 Å². The topological polar surface area (TPSA) is 54.7 Å². The van der Waals surface area contributed by atoms with Gasteiger partial charge in [0.15, 0.2) is 0 Å². The van der Waals surface area contributed by atoms with Gasteiger partial charge in [0.25, 0.3) is 0 Å². The molecule has 0 spiro atoms. The Morgan fingerprint density at radius 3 is 2.68 bits per heavy atom. The molecule has 3 nitrogen and oxygen atoms in total. The molecule has 1 aliphatic rings. The van der Waals surface area contributed by atoms with Gasteiger partial charge in [0.1, 0.15) is 5.65 Å². The quantitative estimate of drug-likeness (QED) is 0.877. The summed E-state index contributed by atoms with van der Waals surface area (Å²) in [7, 11) is 0. The number of nitrogens with two attached hydrogens (primary N) is 1. The van der Waals surface area contributed by atoms with Crippen LogP contribution < -0.4 is 5.73 Å². The van der Waals surface area contributed by atoms with E-state index in [2.05, 4.69) is 9.97 Å². The van der Waals surface area contributed by atoms with Gasteiger partial charge in [0, 0.05) is 42.6 Å². The highest BCUT2D eigenvalue weighted by Crippen LogP contribution is 2.46. The largest absolute Gasteiger partial charge is 0.346 e. The van der Waals surface area contributed by atoms with Crippen LogP contribution in [0.2, 0.25) is 0 Å². The Labute approximate surface area is 110 Å². The summed E-state index contributed by atoms with van der Waals surface area (Å²) in [4.78, 5) is 7.36. The SMILES string of the molecule is NCC1(c2c[nH]c3ncccc23)CCC(F)(F)CC1. The highest BCUT2D eigenvalue weighted by atomic mass is 19.3. The van der Waals surface area contributed by atoms with E-state index in [-0.39, 0.29) is 18.3 Å². The number of rotatable bonds is 2. The van der Waals surface area contributed by atoms with E-state index in [4.69, 9.17) is 5.73 Å². The molecule has 1 fully saturated rings. The fraction of sp³-hybridized carbons (Fsp3) is 0.500. The maximum atomic E-state index is 13.4. The maximum absolute atomic E-state index is 13.4. The van der Waals surface area contributed by atoms with Crippen LogP contribution in [0, 0.1) is 0 Å². The lowest BCUT2D eigenvalue weighted by molar-refractivity contribution is -0.0507. The summed E-state index contributed by atoms with van der Waals surface area (Å²) in [5.41, 5.74) is 7.42. The molecule has 0 unspecified atom stereocenters. The van der Waals surface area contributed by atoms with Gasteiger partial charge in [-0.25, -0.2) is 13.8 Å². The Morgan fingerprint density at radius 1 is 1.26 bits per heavy atom. The molecule has 2 aromatic heterocycles. The molecule has 3 N–H and O–H groups in total. The number of nitrogens with one attached hydrogen (secondary N) is 1. The van der Waals surface area contributed by atoms with E-state index in [0.717, 1.165) is 16.6 Å². The van der Waals surface area contributed by atoms with E-state index >= 15 is 0 Å². The van der Waals surface area contributed by atoms with E-state index in [9.17, 15) is 8.78 Å². The number of aromatic amines is 1. The summed E-state index contributed by atoms with van der Waals surface area (Å²) in [6.45, 7) is 0.394. The first-order valence-electron chi connectivity index (χ1n) is 6.57. The van der Waals surface area contributed by atoms with Crippen LogP contribution in [0.4, 0.5) is 8.78 Å². The minimum atomic E-state index is -2.54. The van der Waals surface area contributed by atoms with Gasteiger partial charge < -0.3 is 10.7 Å². The van der Waals surface area contributed by atoms with Gasteiger partial charge in [-0.05, 0) is 30.5 Å². The van der Waals surface area contributed by atoms with E-state index in [1.807, 2.05) is 18.3 Å². The van der Waals surface area contributed by atoms with Crippen LogP contribution in [0.5, 0.6) is 0 Å². The number of alkyl halides is 2. The van der Waals surface area contributed by atoms with Crippen LogP contribution in [-0.4, -0.2) is 22.4 Å². The number of fused-ring (bicyclic) bond motifs is 1. The Balaban J connectivity index is 2.03. The van der Waals surface area contributed by atoms with Gasteiger partial charge in [-0.1, -0.05) is 0 Å². The van der Waals surface area contributed by atoms with Crippen molar-refractivity contribution in [3.8, 4) is 0 Å². The molecule has 2 heterocycles. The first-order chi connectivity index (χ1) is 9.06. The van der Waals surface area contributed by atoms with Crippen LogP contribution in [0.15, 0.2) is 24.5 Å². The number of hydrogen-bond acceptors (Lipinski definition) is 2. The average molecular weight is 265 g/mol. The summed E-state index contributed by atoms with van der Waals surface area (Å²) < 4.78 is 26.8. The monoisotopic (exact) mass is 265 g/mol. The summed E-state index contributed by atoms with van der Waals surface area (Å²) in [5, 5.41) is 0.998. The molecule has 3 rings (SSSR count). The third-order valence-electron chi connectivity index (χ3n) is 4.35. The lowest BCUT2D eigenvalue weighted by atomic mass is 9.68. The van der Waals surface area contributed by atoms with Gasteiger partial charge in [0.05, 0.1) is 0 Å². The second kappa shape index (κ2) is 4.27. The predicted octanol–water partition coefficient (Wildman–Crippen LogP) is 2.97. The second-order valence-electron chi connectivity index (χ2n) is 5.44. The Hall–Kier alpha value is -1.49. The third-order valence-corrected chi connectivity index (χ3v) is 4.35. The van der Waals surface area contributed by atoms with Crippen molar-refractivity contribution < 1.29 is 8.78 Å². The molecule has 1 aliphatic carbocycles. The molecule has 0 saturated heterocycles. The fourth-order valence-electron chi connectivity index (χ4n) is 3.07. The minimum absolute atomic E-state index is 0.0862. The second-order valence-corrected chi connectivity index (χ2v) is 5.44. The molecule has 0 atom stereocenters. The van der Waals surface area contributed by atoms with Crippen molar-refractivity contribution in [3.05, 3.63) is 30.1 Å². The van der Waals surface area contributed by atoms with Gasteiger partial charge >= 0.3 is 0 Å². The molecule has 0 radical (unpaired) electrons. The zero-order chi connectivity index (χ0) is 13.5. The van der Waals surface area contributed by atoms with Crippen LogP contribution in [0.1, 0.15) is 31.2 Å². The van der Waals surface area contributed by atoms with Crippen molar-refractivity contribution in [1.82, 2.24) is 9.97 Å². The summed E-state index contributed by atoms with van der Waals surface area (Å²) in [5.74, 6) is -2.54. The van der Waals surface area contributed by atoms with Crippen molar-refractivity contribution in [3.63, 3.8) is 0 Å². The zero-order valence-corrected chi connectivity index (χ0v) is 10.6. The molecule has 2 aromatic rings. The number of H-pyrrole nitrogens is 1. The number of halogens is 2. The molecule has 19 heavy (non-hydrogen) atoms. The van der Waals surface area contributed by atoms with E-state index < -0.39 is 5.92 Å². The van der Waals surface area contributed by atoms with Crippen LogP contribution in [0.3, 0.4) is 0 Å². The van der Waals surface area contributed by atoms with Crippen LogP contribution in [-0.2, 0) is 5.41 Å². The van der Waals surface area contributed by atoms with Crippen molar-refractivity contribution in [2.75, 3.05) is 6.54 Å². The van der Waals surface area contributed by atoms with Crippen molar-refractivity contribution in [2.45, 2.75) is 37.0 Å². The summed E-state index contributed by atoms with van der Waals surface area (Å²) in [6, 6.07) is 3.83. The van der Waals surface area contributed by atoms with E-state index in [0.29, 0.717) is 19.4 Å². The molecule has 0 bridgehead atoms. The van der Waals surface area contributed by atoms with Crippen molar-refractivity contribution in [2.24, 2.45) is 5.73 Å². The highest BCUT2D eigenvalue weighted by molar-refractivity contribution is 5.80. The smallest absolute Gasteiger partial charge is 0.248 e.